The van der Waals surface area contributed by atoms with Crippen LogP contribution in [0.1, 0.15) is 46.0 Å². The summed E-state index contributed by atoms with van der Waals surface area (Å²) >= 11 is 0. The van der Waals surface area contributed by atoms with E-state index in [1.54, 1.807) is 0 Å². The van der Waals surface area contributed by atoms with Crippen LogP contribution in [0, 0.1) is 11.3 Å². The molecule has 1 N–H and O–H groups in total. The van der Waals surface area contributed by atoms with Gasteiger partial charge >= 0.3 is 5.97 Å². The topological polar surface area (TPSA) is 43.8 Å². The van der Waals surface area contributed by atoms with E-state index in [2.05, 4.69) is 9.80 Å². The van der Waals surface area contributed by atoms with Gasteiger partial charge in [-0.1, -0.05) is 0 Å². The predicted molar refractivity (Wildman–Crippen MR) is 78.7 cm³/mol. The number of carbonyl (C=O) groups is 1. The monoisotopic (exact) mass is 280 g/mol. The highest BCUT2D eigenvalue weighted by Crippen LogP contribution is 2.37. The quantitative estimate of drug-likeness (QED) is 0.856. The summed E-state index contributed by atoms with van der Waals surface area (Å²) in [6.45, 7) is 8.39. The van der Waals surface area contributed by atoms with E-state index in [-0.39, 0.29) is 0 Å². The van der Waals surface area contributed by atoms with E-state index >= 15 is 0 Å². The Morgan fingerprint density at radius 3 is 2.35 bits per heavy atom. The minimum absolute atomic E-state index is 0.295. The molecule has 4 heteroatoms. The lowest BCUT2D eigenvalue weighted by Crippen LogP contribution is -2.49. The fourth-order valence-electron chi connectivity index (χ4n) is 3.94. The minimum Gasteiger partial charge on any atom is -0.481 e. The molecule has 1 aliphatic carbocycles. The fraction of sp³-hybridized carbons (Fsp3) is 0.938. The van der Waals surface area contributed by atoms with E-state index in [0.29, 0.717) is 12.0 Å². The van der Waals surface area contributed by atoms with Crippen molar-refractivity contribution in [2.75, 3.05) is 26.2 Å². The lowest BCUT2D eigenvalue weighted by molar-refractivity contribution is -0.151. The molecule has 0 spiro atoms. The van der Waals surface area contributed by atoms with E-state index < -0.39 is 11.4 Å². The SMILES string of the molecule is CC(C)(C(=O)O)C1CCCN(C2CCN(C3CC3)C2)C1. The van der Waals surface area contributed by atoms with Crippen molar-refractivity contribution in [1.82, 2.24) is 9.80 Å². The van der Waals surface area contributed by atoms with Crippen LogP contribution in [0.15, 0.2) is 0 Å². The van der Waals surface area contributed by atoms with Gasteiger partial charge in [-0.15, -0.1) is 0 Å². The maximum atomic E-state index is 11.5. The molecule has 0 bridgehead atoms. The molecule has 3 aliphatic rings. The molecule has 0 aromatic carbocycles. The third-order valence-electron chi connectivity index (χ3n) is 5.80. The molecular formula is C16H28N2O2. The Hall–Kier alpha value is -0.610. The summed E-state index contributed by atoms with van der Waals surface area (Å²) in [5.41, 5.74) is -0.590. The normalized spacial score (nSPS) is 33.5. The Kier molecular flexibility index (Phi) is 3.80. The number of hydrogen-bond donors (Lipinski definition) is 1. The Morgan fingerprint density at radius 2 is 1.70 bits per heavy atom. The average molecular weight is 280 g/mol. The molecule has 2 saturated heterocycles. The first-order valence-corrected chi connectivity index (χ1v) is 8.20. The standard InChI is InChI=1S/C16H28N2O2/c1-16(2,15(19)20)12-4-3-8-17(10-12)14-7-9-18(11-14)13-5-6-13/h12-14H,3-11H2,1-2H3,(H,19,20). The summed E-state index contributed by atoms with van der Waals surface area (Å²) in [6.07, 6.45) is 6.27. The van der Waals surface area contributed by atoms with E-state index in [1.807, 2.05) is 13.8 Å². The van der Waals surface area contributed by atoms with Gasteiger partial charge in [-0.25, -0.2) is 0 Å². The van der Waals surface area contributed by atoms with Gasteiger partial charge in [0.2, 0.25) is 0 Å². The van der Waals surface area contributed by atoms with Gasteiger partial charge in [-0.05, 0) is 58.4 Å². The highest BCUT2D eigenvalue weighted by Gasteiger charge is 2.42. The molecule has 3 fully saturated rings. The second-order valence-electron chi connectivity index (χ2n) is 7.53. The number of rotatable bonds is 4. The number of likely N-dealkylation sites (tertiary alicyclic amines) is 2. The number of aliphatic carboxylic acids is 1. The molecule has 2 heterocycles. The van der Waals surface area contributed by atoms with E-state index in [9.17, 15) is 9.90 Å². The van der Waals surface area contributed by atoms with Crippen molar-refractivity contribution in [2.24, 2.45) is 11.3 Å². The summed E-state index contributed by atoms with van der Waals surface area (Å²) in [6, 6.07) is 1.54. The van der Waals surface area contributed by atoms with Crippen LogP contribution in [-0.2, 0) is 4.79 Å². The third kappa shape index (κ3) is 2.73. The van der Waals surface area contributed by atoms with Crippen molar-refractivity contribution < 1.29 is 9.90 Å². The number of hydrogen-bond acceptors (Lipinski definition) is 3. The molecule has 0 amide bonds. The van der Waals surface area contributed by atoms with Crippen molar-refractivity contribution >= 4 is 5.97 Å². The molecule has 0 aromatic rings. The highest BCUT2D eigenvalue weighted by atomic mass is 16.4. The second-order valence-corrected chi connectivity index (χ2v) is 7.53. The first-order chi connectivity index (χ1) is 9.48. The maximum Gasteiger partial charge on any atom is 0.309 e. The Morgan fingerprint density at radius 1 is 1.00 bits per heavy atom. The Balaban J connectivity index is 1.59. The van der Waals surface area contributed by atoms with Gasteiger partial charge in [0.25, 0.3) is 0 Å². The zero-order valence-electron chi connectivity index (χ0n) is 12.8. The van der Waals surface area contributed by atoms with Gasteiger partial charge in [0.15, 0.2) is 0 Å². The summed E-state index contributed by atoms with van der Waals surface area (Å²) in [5, 5.41) is 9.44. The van der Waals surface area contributed by atoms with E-state index in [0.717, 1.165) is 32.0 Å². The third-order valence-corrected chi connectivity index (χ3v) is 5.80. The van der Waals surface area contributed by atoms with E-state index in [1.165, 1.54) is 32.4 Å². The van der Waals surface area contributed by atoms with Crippen LogP contribution in [0.3, 0.4) is 0 Å². The lowest BCUT2D eigenvalue weighted by atomic mass is 9.74. The van der Waals surface area contributed by atoms with Crippen LogP contribution in [0.2, 0.25) is 0 Å². The van der Waals surface area contributed by atoms with Gasteiger partial charge < -0.3 is 5.11 Å². The largest absolute Gasteiger partial charge is 0.481 e. The highest BCUT2D eigenvalue weighted by molar-refractivity contribution is 5.74. The van der Waals surface area contributed by atoms with E-state index in [4.69, 9.17) is 0 Å². The zero-order chi connectivity index (χ0) is 14.3. The van der Waals surface area contributed by atoms with Crippen molar-refractivity contribution in [2.45, 2.75) is 58.0 Å². The number of carboxylic acid groups (broad SMARTS) is 1. The molecule has 4 nitrogen and oxygen atoms in total. The Bertz CT molecular complexity index is 379. The van der Waals surface area contributed by atoms with Crippen LogP contribution < -0.4 is 0 Å². The summed E-state index contributed by atoms with van der Waals surface area (Å²) < 4.78 is 0. The summed E-state index contributed by atoms with van der Waals surface area (Å²) in [4.78, 5) is 16.7. The van der Waals surface area contributed by atoms with Crippen LogP contribution in [0.5, 0.6) is 0 Å². The number of carboxylic acids is 1. The van der Waals surface area contributed by atoms with Crippen LogP contribution in [0.4, 0.5) is 0 Å². The average Bonchev–Trinajstić information content (AvgIpc) is 3.16. The molecule has 0 aromatic heterocycles. The van der Waals surface area contributed by atoms with Crippen LogP contribution in [-0.4, -0.2) is 59.1 Å². The Labute approximate surface area is 122 Å². The predicted octanol–water partition coefficient (Wildman–Crippen LogP) is 2.05. The molecule has 20 heavy (non-hydrogen) atoms. The molecule has 0 radical (unpaired) electrons. The van der Waals surface area contributed by atoms with Gasteiger partial charge in [0, 0.05) is 31.7 Å². The maximum absolute atomic E-state index is 11.5. The molecule has 2 unspecified atom stereocenters. The molecule has 1 saturated carbocycles. The second kappa shape index (κ2) is 5.30. The van der Waals surface area contributed by atoms with Gasteiger partial charge in [0.05, 0.1) is 5.41 Å². The van der Waals surface area contributed by atoms with Gasteiger partial charge in [-0.2, -0.15) is 0 Å². The van der Waals surface area contributed by atoms with Crippen molar-refractivity contribution in [3.8, 4) is 0 Å². The first-order valence-electron chi connectivity index (χ1n) is 8.20. The summed E-state index contributed by atoms with van der Waals surface area (Å²) in [5.74, 6) is -0.348. The molecule has 2 aliphatic heterocycles. The first kappa shape index (κ1) is 14.3. The van der Waals surface area contributed by atoms with Gasteiger partial charge in [0.1, 0.15) is 0 Å². The van der Waals surface area contributed by atoms with Crippen LogP contribution >= 0.6 is 0 Å². The lowest BCUT2D eigenvalue weighted by Gasteiger charge is -2.41. The fourth-order valence-corrected chi connectivity index (χ4v) is 3.94. The van der Waals surface area contributed by atoms with Crippen LogP contribution in [0.25, 0.3) is 0 Å². The van der Waals surface area contributed by atoms with Crippen molar-refractivity contribution in [3.05, 3.63) is 0 Å². The number of piperidine rings is 1. The molecular weight excluding hydrogens is 252 g/mol. The zero-order valence-corrected chi connectivity index (χ0v) is 12.8. The minimum atomic E-state index is -0.643. The number of nitrogens with zero attached hydrogens (tertiary/aromatic N) is 2. The molecule has 2 atom stereocenters. The molecule has 114 valence electrons. The molecule has 3 rings (SSSR count). The smallest absolute Gasteiger partial charge is 0.309 e. The van der Waals surface area contributed by atoms with Crippen molar-refractivity contribution in [1.29, 1.82) is 0 Å². The van der Waals surface area contributed by atoms with Gasteiger partial charge in [-0.3, -0.25) is 14.6 Å². The summed E-state index contributed by atoms with van der Waals surface area (Å²) in [7, 11) is 0. The van der Waals surface area contributed by atoms with Crippen molar-refractivity contribution in [3.63, 3.8) is 0 Å².